The maximum Gasteiger partial charge on any atom is 0.340 e. The summed E-state index contributed by atoms with van der Waals surface area (Å²) >= 11 is 0. The number of ether oxygens (including phenoxy) is 3. The van der Waals surface area contributed by atoms with Gasteiger partial charge in [-0.2, -0.15) is 0 Å². The fourth-order valence-electron chi connectivity index (χ4n) is 2.30. The van der Waals surface area contributed by atoms with Gasteiger partial charge in [0.1, 0.15) is 18.9 Å². The molecule has 6 nitrogen and oxygen atoms in total. The number of methoxy groups -OCH3 is 2. The molecule has 0 saturated heterocycles. The van der Waals surface area contributed by atoms with Gasteiger partial charge in [0.2, 0.25) is 0 Å². The first-order chi connectivity index (χ1) is 12.0. The lowest BCUT2D eigenvalue weighted by molar-refractivity contribution is -0.138. The largest absolute Gasteiger partial charge is 0.489 e. The van der Waals surface area contributed by atoms with Gasteiger partial charge in [0.05, 0.1) is 25.5 Å². The van der Waals surface area contributed by atoms with E-state index in [-0.39, 0.29) is 6.54 Å². The summed E-state index contributed by atoms with van der Waals surface area (Å²) in [5.41, 5.74) is 1.90. The minimum Gasteiger partial charge on any atom is -0.489 e. The second-order valence-electron chi connectivity index (χ2n) is 5.38. The maximum atomic E-state index is 12.1. The minimum absolute atomic E-state index is 0.0186. The molecule has 0 aromatic heterocycles. The summed E-state index contributed by atoms with van der Waals surface area (Å²) in [5, 5.41) is 0. The maximum absolute atomic E-state index is 12.1. The van der Waals surface area contributed by atoms with E-state index in [4.69, 9.17) is 9.47 Å². The average molecular weight is 343 g/mol. The smallest absolute Gasteiger partial charge is 0.340 e. The molecule has 0 N–H and O–H groups in total. The van der Waals surface area contributed by atoms with Crippen molar-refractivity contribution >= 4 is 17.6 Å². The van der Waals surface area contributed by atoms with Crippen molar-refractivity contribution in [2.45, 2.75) is 6.61 Å². The van der Waals surface area contributed by atoms with Crippen molar-refractivity contribution in [3.63, 3.8) is 0 Å². The highest BCUT2D eigenvalue weighted by Crippen LogP contribution is 2.26. The zero-order valence-electron chi connectivity index (χ0n) is 14.5. The van der Waals surface area contributed by atoms with Crippen LogP contribution in [0, 0.1) is 0 Å². The van der Waals surface area contributed by atoms with E-state index in [2.05, 4.69) is 4.74 Å². The van der Waals surface area contributed by atoms with E-state index in [0.29, 0.717) is 23.6 Å². The molecule has 0 saturated carbocycles. The number of nitrogens with zero attached hydrogens (tertiary/aromatic N) is 1. The van der Waals surface area contributed by atoms with Crippen molar-refractivity contribution in [3.05, 3.63) is 59.7 Å². The van der Waals surface area contributed by atoms with Crippen LogP contribution < -0.4 is 9.64 Å². The van der Waals surface area contributed by atoms with E-state index in [0.717, 1.165) is 5.56 Å². The van der Waals surface area contributed by atoms with E-state index in [1.807, 2.05) is 30.3 Å². The molecule has 0 unspecified atom stereocenters. The molecule has 0 radical (unpaired) electrons. The fraction of sp³-hybridized carbons (Fsp3) is 0.263. The predicted molar refractivity (Wildman–Crippen MR) is 93.8 cm³/mol. The number of benzene rings is 2. The van der Waals surface area contributed by atoms with Gasteiger partial charge in [-0.3, -0.25) is 4.79 Å². The highest BCUT2D eigenvalue weighted by atomic mass is 16.5. The van der Waals surface area contributed by atoms with Crippen molar-refractivity contribution in [2.75, 3.05) is 32.7 Å². The van der Waals surface area contributed by atoms with Gasteiger partial charge in [-0.25, -0.2) is 4.79 Å². The molecule has 2 aromatic rings. The zero-order chi connectivity index (χ0) is 18.2. The monoisotopic (exact) mass is 343 g/mol. The third-order valence-electron chi connectivity index (χ3n) is 3.63. The summed E-state index contributed by atoms with van der Waals surface area (Å²) in [7, 11) is 4.32. The van der Waals surface area contributed by atoms with Crippen molar-refractivity contribution in [1.29, 1.82) is 0 Å². The van der Waals surface area contributed by atoms with Crippen LogP contribution in [0.1, 0.15) is 15.9 Å². The summed E-state index contributed by atoms with van der Waals surface area (Å²) in [6, 6.07) is 14.8. The Balaban J connectivity index is 2.21. The Kier molecular flexibility index (Phi) is 6.39. The van der Waals surface area contributed by atoms with Gasteiger partial charge in [-0.1, -0.05) is 30.3 Å². The molecule has 0 fully saturated rings. The molecule has 25 heavy (non-hydrogen) atoms. The lowest BCUT2D eigenvalue weighted by Gasteiger charge is -2.21. The third kappa shape index (κ3) is 4.97. The van der Waals surface area contributed by atoms with E-state index in [1.54, 1.807) is 30.1 Å². The molecular weight excluding hydrogens is 322 g/mol. The van der Waals surface area contributed by atoms with Crippen LogP contribution in [0.15, 0.2) is 48.5 Å². The van der Waals surface area contributed by atoms with Crippen LogP contribution in [-0.4, -0.2) is 39.8 Å². The molecule has 0 atom stereocenters. The molecule has 0 spiro atoms. The second-order valence-corrected chi connectivity index (χ2v) is 5.38. The zero-order valence-corrected chi connectivity index (χ0v) is 14.5. The second kappa shape index (κ2) is 8.73. The fourth-order valence-corrected chi connectivity index (χ4v) is 2.30. The molecule has 0 aliphatic heterocycles. The van der Waals surface area contributed by atoms with Crippen LogP contribution in [0.25, 0.3) is 0 Å². The van der Waals surface area contributed by atoms with Gasteiger partial charge in [0.25, 0.3) is 0 Å². The highest BCUT2D eigenvalue weighted by molar-refractivity contribution is 5.97. The molecule has 0 bridgehead atoms. The van der Waals surface area contributed by atoms with Crippen molar-refractivity contribution in [3.8, 4) is 5.75 Å². The Morgan fingerprint density at radius 3 is 2.36 bits per heavy atom. The molecule has 2 aromatic carbocycles. The first-order valence-electron chi connectivity index (χ1n) is 7.72. The molecule has 0 heterocycles. The van der Waals surface area contributed by atoms with E-state index in [1.165, 1.54) is 14.2 Å². The van der Waals surface area contributed by atoms with Crippen molar-refractivity contribution in [2.24, 2.45) is 0 Å². The number of anilines is 1. The quantitative estimate of drug-likeness (QED) is 0.720. The average Bonchev–Trinajstić information content (AvgIpc) is 2.66. The standard InChI is InChI=1S/C19H21NO5/c1-20(12-18(21)23-2)17-10-9-15(11-16(17)19(22)24-3)25-13-14-7-5-4-6-8-14/h4-11H,12-13H2,1-3H3. The minimum atomic E-state index is -0.503. The Morgan fingerprint density at radius 2 is 1.72 bits per heavy atom. The number of hydrogen-bond acceptors (Lipinski definition) is 6. The Bertz CT molecular complexity index is 730. The number of hydrogen-bond donors (Lipinski definition) is 0. The lowest BCUT2D eigenvalue weighted by Crippen LogP contribution is -2.28. The number of likely N-dealkylation sites (N-methyl/N-ethyl adjacent to an activating group) is 1. The first kappa shape index (κ1) is 18.3. The summed E-state index contributed by atoms with van der Waals surface area (Å²) < 4.78 is 15.2. The van der Waals surface area contributed by atoms with E-state index < -0.39 is 11.9 Å². The van der Waals surface area contributed by atoms with Crippen LogP contribution in [0.4, 0.5) is 5.69 Å². The van der Waals surface area contributed by atoms with Gasteiger partial charge in [0.15, 0.2) is 0 Å². The molecule has 2 rings (SSSR count). The first-order valence-corrected chi connectivity index (χ1v) is 7.72. The van der Waals surface area contributed by atoms with Crippen molar-refractivity contribution < 1.29 is 23.8 Å². The topological polar surface area (TPSA) is 65.1 Å². The molecule has 6 heteroatoms. The van der Waals surface area contributed by atoms with Gasteiger partial charge >= 0.3 is 11.9 Å². The summed E-state index contributed by atoms with van der Waals surface area (Å²) in [6.07, 6.45) is 0. The summed E-state index contributed by atoms with van der Waals surface area (Å²) in [6.45, 7) is 0.406. The van der Waals surface area contributed by atoms with Gasteiger partial charge in [-0.15, -0.1) is 0 Å². The summed E-state index contributed by atoms with van der Waals surface area (Å²) in [4.78, 5) is 25.2. The highest BCUT2D eigenvalue weighted by Gasteiger charge is 2.18. The van der Waals surface area contributed by atoms with Crippen LogP contribution in [0.3, 0.4) is 0 Å². The molecule has 132 valence electrons. The third-order valence-corrected chi connectivity index (χ3v) is 3.63. The number of carbonyl (C=O) groups excluding carboxylic acids is 2. The number of esters is 2. The number of carbonyl (C=O) groups is 2. The lowest BCUT2D eigenvalue weighted by atomic mass is 10.1. The Labute approximate surface area is 146 Å². The van der Waals surface area contributed by atoms with Gasteiger partial charge < -0.3 is 19.1 Å². The van der Waals surface area contributed by atoms with Gasteiger partial charge in [0, 0.05) is 7.05 Å². The molecule has 0 aliphatic rings. The van der Waals surface area contributed by atoms with E-state index in [9.17, 15) is 9.59 Å². The van der Waals surface area contributed by atoms with Crippen LogP contribution in [0.5, 0.6) is 5.75 Å². The van der Waals surface area contributed by atoms with Crippen LogP contribution in [-0.2, 0) is 20.9 Å². The number of rotatable bonds is 7. The van der Waals surface area contributed by atoms with Crippen LogP contribution in [0.2, 0.25) is 0 Å². The SMILES string of the molecule is COC(=O)CN(C)c1ccc(OCc2ccccc2)cc1C(=O)OC. The molecule has 0 aliphatic carbocycles. The normalized spacial score (nSPS) is 10.0. The molecule has 0 amide bonds. The Hall–Kier alpha value is -3.02. The predicted octanol–water partition coefficient (Wildman–Crippen LogP) is 2.66. The van der Waals surface area contributed by atoms with Crippen molar-refractivity contribution in [1.82, 2.24) is 0 Å². The Morgan fingerprint density at radius 1 is 1.00 bits per heavy atom. The van der Waals surface area contributed by atoms with Crippen LogP contribution >= 0.6 is 0 Å². The summed E-state index contributed by atoms with van der Waals surface area (Å²) in [5.74, 6) is -0.362. The van der Waals surface area contributed by atoms with Gasteiger partial charge in [-0.05, 0) is 23.8 Å². The van der Waals surface area contributed by atoms with E-state index >= 15 is 0 Å². The molecular formula is C19H21NO5.